The minimum Gasteiger partial charge on any atom is -0.364 e. The van der Waals surface area contributed by atoms with Crippen molar-refractivity contribution in [1.29, 1.82) is 0 Å². The molecule has 39 heavy (non-hydrogen) atoms. The number of aromatic amines is 2. The number of hydrogen-bond acceptors (Lipinski definition) is 9. The van der Waals surface area contributed by atoms with Crippen LogP contribution in [0.4, 0.5) is 4.39 Å². The van der Waals surface area contributed by atoms with E-state index in [1.807, 2.05) is 11.9 Å². The van der Waals surface area contributed by atoms with Crippen LogP contribution in [0.15, 0.2) is 54.4 Å². The van der Waals surface area contributed by atoms with Gasteiger partial charge in [0.25, 0.3) is 5.91 Å². The van der Waals surface area contributed by atoms with E-state index in [0.29, 0.717) is 33.4 Å². The van der Waals surface area contributed by atoms with Crippen LogP contribution in [0.3, 0.4) is 0 Å². The highest BCUT2D eigenvalue weighted by Crippen LogP contribution is 2.24. The number of fused-ring (bicyclic) bond motifs is 1. The van der Waals surface area contributed by atoms with E-state index in [1.54, 1.807) is 42.0 Å². The van der Waals surface area contributed by atoms with Crippen molar-refractivity contribution in [2.75, 3.05) is 25.7 Å². The standard InChI is InChI=1S/C14H9FN6.C6H13NS.C4H4N2OS.CH3Cl/c15-9-4-2-1-3-8(9)13-19-10-5-11(14-17-7-18-21-14)16-6-12(10)20-13;1-8-7-5-3-2-4-6-7;5-3(7)4-6-1-2-8-4;1-2/h1-7H,(H,19,20)(H,17,18,21);2-6H2,1H3;1-2H,(H2,5,7);1H3. The van der Waals surface area contributed by atoms with Crippen molar-refractivity contribution in [2.24, 2.45) is 5.73 Å². The van der Waals surface area contributed by atoms with E-state index in [0.717, 1.165) is 5.52 Å². The number of alkyl halides is 1. The molecule has 1 aliphatic heterocycles. The Morgan fingerprint density at radius 2 is 1.90 bits per heavy atom. The molecule has 6 rings (SSSR count). The lowest BCUT2D eigenvalue weighted by atomic mass is 10.2. The van der Waals surface area contributed by atoms with Crippen molar-refractivity contribution in [1.82, 2.24) is 39.4 Å². The van der Waals surface area contributed by atoms with Crippen LogP contribution in [0, 0.1) is 5.82 Å². The number of carbonyl (C=O) groups is 1. The number of aromatic nitrogens is 7. The molecule has 1 aliphatic rings. The van der Waals surface area contributed by atoms with Gasteiger partial charge in [0.15, 0.2) is 10.8 Å². The summed E-state index contributed by atoms with van der Waals surface area (Å²) < 4.78 is 16.2. The van der Waals surface area contributed by atoms with Crippen LogP contribution < -0.4 is 5.73 Å². The molecule has 1 amide bonds. The molecule has 0 aliphatic carbocycles. The van der Waals surface area contributed by atoms with Gasteiger partial charge in [0, 0.05) is 31.0 Å². The molecule has 0 atom stereocenters. The molecular formula is C25H29ClFN9OS2. The Balaban J connectivity index is 0.000000192. The number of halogens is 2. The number of piperidine rings is 1. The molecule has 0 bridgehead atoms. The van der Waals surface area contributed by atoms with Crippen molar-refractivity contribution in [2.45, 2.75) is 19.3 Å². The molecule has 1 fully saturated rings. The summed E-state index contributed by atoms with van der Waals surface area (Å²) in [5, 5.41) is 8.61. The molecule has 206 valence electrons. The summed E-state index contributed by atoms with van der Waals surface area (Å²) in [6.45, 7) is 2.61. The largest absolute Gasteiger partial charge is 0.364 e. The average molecular weight is 590 g/mol. The number of imidazole rings is 1. The Morgan fingerprint density at radius 1 is 1.13 bits per heavy atom. The average Bonchev–Trinajstić information content (AvgIpc) is 3.77. The maximum atomic E-state index is 13.8. The Morgan fingerprint density at radius 3 is 2.46 bits per heavy atom. The third-order valence-electron chi connectivity index (χ3n) is 5.37. The number of thiazole rings is 1. The quantitative estimate of drug-likeness (QED) is 0.187. The lowest BCUT2D eigenvalue weighted by Crippen LogP contribution is -2.22. The van der Waals surface area contributed by atoms with Gasteiger partial charge in [-0.1, -0.05) is 30.5 Å². The smallest absolute Gasteiger partial charge is 0.277 e. The predicted octanol–water partition coefficient (Wildman–Crippen LogP) is 5.40. The molecule has 5 aromatic rings. The first-order chi connectivity index (χ1) is 19.0. The van der Waals surface area contributed by atoms with Crippen molar-refractivity contribution in [3.8, 4) is 22.9 Å². The number of hydrogen-bond donors (Lipinski definition) is 3. The number of carbonyl (C=O) groups excluding carboxylic acids is 1. The number of nitrogens with zero attached hydrogens (tertiary/aromatic N) is 6. The van der Waals surface area contributed by atoms with E-state index in [-0.39, 0.29) is 5.82 Å². The van der Waals surface area contributed by atoms with Gasteiger partial charge in [0.2, 0.25) is 0 Å². The molecule has 0 saturated carbocycles. The molecule has 14 heteroatoms. The fraction of sp³-hybridized carbons (Fsp3) is 0.280. The van der Waals surface area contributed by atoms with Crippen LogP contribution in [0.2, 0.25) is 0 Å². The van der Waals surface area contributed by atoms with E-state index in [9.17, 15) is 9.18 Å². The van der Waals surface area contributed by atoms with Gasteiger partial charge < -0.3 is 10.7 Å². The van der Waals surface area contributed by atoms with E-state index < -0.39 is 5.91 Å². The summed E-state index contributed by atoms with van der Waals surface area (Å²) in [4.78, 5) is 29.7. The molecule has 4 aromatic heterocycles. The van der Waals surface area contributed by atoms with Crippen molar-refractivity contribution in [3.63, 3.8) is 0 Å². The van der Waals surface area contributed by atoms with Crippen LogP contribution in [-0.4, -0.2) is 71.1 Å². The van der Waals surface area contributed by atoms with Gasteiger partial charge in [-0.25, -0.2) is 19.3 Å². The lowest BCUT2D eigenvalue weighted by Gasteiger charge is -2.22. The third-order valence-corrected chi connectivity index (χ3v) is 7.04. The number of pyridine rings is 1. The molecule has 1 saturated heterocycles. The van der Waals surface area contributed by atoms with Gasteiger partial charge >= 0.3 is 0 Å². The summed E-state index contributed by atoms with van der Waals surface area (Å²) >= 11 is 7.76. The van der Waals surface area contributed by atoms with Crippen LogP contribution in [-0.2, 0) is 0 Å². The van der Waals surface area contributed by atoms with E-state index in [4.69, 9.17) is 5.73 Å². The monoisotopic (exact) mass is 589 g/mol. The molecule has 0 unspecified atom stereocenters. The second kappa shape index (κ2) is 15.9. The highest BCUT2D eigenvalue weighted by atomic mass is 35.5. The number of rotatable bonds is 4. The summed E-state index contributed by atoms with van der Waals surface area (Å²) in [5.74, 6) is 0.256. The van der Waals surface area contributed by atoms with Gasteiger partial charge in [-0.15, -0.1) is 22.9 Å². The SMILES string of the molecule is CCl.CSN1CCCCC1.Fc1ccccc1-c1nc2cc(-c3ncn[nH]3)ncc2[nH]1.NC(=O)c1nccs1. The van der Waals surface area contributed by atoms with Gasteiger partial charge in [-0.3, -0.25) is 19.2 Å². The number of primary amides is 1. The van der Waals surface area contributed by atoms with Gasteiger partial charge in [0.05, 0.1) is 22.8 Å². The normalized spacial score (nSPS) is 12.8. The second-order valence-corrected chi connectivity index (χ2v) is 9.64. The first kappa shape index (κ1) is 30.2. The fourth-order valence-electron chi connectivity index (χ4n) is 3.54. The Labute approximate surface area is 238 Å². The van der Waals surface area contributed by atoms with Crippen molar-refractivity contribution in [3.05, 3.63) is 65.3 Å². The number of nitrogens with two attached hydrogens (primary N) is 1. The maximum Gasteiger partial charge on any atom is 0.277 e. The molecule has 0 spiro atoms. The summed E-state index contributed by atoms with van der Waals surface area (Å²) in [6.07, 6.45) is 12.5. The van der Waals surface area contributed by atoms with Crippen molar-refractivity contribution >= 4 is 51.8 Å². The summed E-state index contributed by atoms with van der Waals surface area (Å²) in [7, 11) is 0. The van der Waals surface area contributed by atoms with Gasteiger partial charge in [-0.05, 0) is 37.3 Å². The number of amides is 1. The lowest BCUT2D eigenvalue weighted by molar-refractivity contribution is 0.1000. The highest BCUT2D eigenvalue weighted by molar-refractivity contribution is 7.96. The number of benzene rings is 1. The first-order valence-corrected chi connectivity index (χ1v) is 14.7. The molecule has 4 N–H and O–H groups in total. The first-order valence-electron chi connectivity index (χ1n) is 11.9. The molecule has 5 heterocycles. The van der Waals surface area contributed by atoms with Crippen LogP contribution in [0.5, 0.6) is 0 Å². The van der Waals surface area contributed by atoms with E-state index >= 15 is 0 Å². The zero-order chi connectivity index (χ0) is 28.0. The van der Waals surface area contributed by atoms with Crippen LogP contribution in [0.25, 0.3) is 33.9 Å². The Kier molecular flexibility index (Phi) is 12.3. The Bertz CT molecular complexity index is 1410. The van der Waals surface area contributed by atoms with Crippen molar-refractivity contribution < 1.29 is 9.18 Å². The van der Waals surface area contributed by atoms with Crippen LogP contribution >= 0.6 is 34.9 Å². The molecule has 1 aromatic carbocycles. The number of nitrogens with one attached hydrogen (secondary N) is 2. The van der Waals surface area contributed by atoms with Gasteiger partial charge in [0.1, 0.15) is 23.7 Å². The zero-order valence-electron chi connectivity index (χ0n) is 21.5. The summed E-state index contributed by atoms with van der Waals surface area (Å²) in [5.41, 5.74) is 7.35. The zero-order valence-corrected chi connectivity index (χ0v) is 23.9. The Hall–Kier alpha value is -3.39. The minimum atomic E-state index is -0.458. The molecule has 10 nitrogen and oxygen atoms in total. The molecular weight excluding hydrogens is 561 g/mol. The van der Waals surface area contributed by atoms with Crippen LogP contribution in [0.1, 0.15) is 29.1 Å². The number of H-pyrrole nitrogens is 2. The summed E-state index contributed by atoms with van der Waals surface area (Å²) in [6, 6.07) is 8.27. The topological polar surface area (TPSA) is 142 Å². The highest BCUT2D eigenvalue weighted by Gasteiger charge is 2.11. The third kappa shape index (κ3) is 8.82. The van der Waals surface area contributed by atoms with E-state index in [2.05, 4.69) is 57.3 Å². The maximum absolute atomic E-state index is 13.8. The van der Waals surface area contributed by atoms with E-state index in [1.165, 1.54) is 62.5 Å². The fourth-order valence-corrected chi connectivity index (χ4v) is 4.65. The molecule has 0 radical (unpaired) electrons. The minimum absolute atomic E-state index is 0.319. The predicted molar refractivity (Wildman–Crippen MR) is 156 cm³/mol. The second-order valence-electron chi connectivity index (χ2n) is 7.86. The van der Waals surface area contributed by atoms with Gasteiger partial charge in [-0.2, -0.15) is 5.10 Å².